The molecule has 0 saturated carbocycles. The second-order valence-electron chi connectivity index (χ2n) is 13.1. The number of hydrogen-bond acceptors (Lipinski definition) is 8. The number of nitrogens with one attached hydrogen (secondary N) is 5. The van der Waals surface area contributed by atoms with Crippen LogP contribution in [0.1, 0.15) is 86.1 Å². The summed E-state index contributed by atoms with van der Waals surface area (Å²) in [5, 5.41) is 22.2. The van der Waals surface area contributed by atoms with Crippen molar-refractivity contribution in [1.29, 1.82) is 0 Å². The van der Waals surface area contributed by atoms with Crippen molar-refractivity contribution >= 4 is 41.6 Å². The summed E-state index contributed by atoms with van der Waals surface area (Å²) in [6.07, 6.45) is -0.327. The zero-order valence-corrected chi connectivity index (χ0v) is 29.5. The Morgan fingerprint density at radius 1 is 0.714 bits per heavy atom. The van der Waals surface area contributed by atoms with Gasteiger partial charge in [0.25, 0.3) is 0 Å². The first-order valence-electron chi connectivity index (χ1n) is 16.6. The minimum Gasteiger partial charge on any atom is -0.480 e. The molecule has 0 bridgehead atoms. The number of aliphatic carboxylic acids is 1. The highest BCUT2D eigenvalue weighted by Gasteiger charge is 2.33. The monoisotopic (exact) mass is 690 g/mol. The number of ether oxygens (including phenoxy) is 1. The lowest BCUT2D eigenvalue weighted by atomic mass is 9.96. The van der Waals surface area contributed by atoms with Crippen molar-refractivity contribution in [2.75, 3.05) is 0 Å². The Morgan fingerprint density at radius 3 is 1.71 bits per heavy atom. The van der Waals surface area contributed by atoms with Crippen LogP contribution in [0, 0.1) is 17.8 Å². The predicted molar refractivity (Wildman–Crippen MR) is 181 cm³/mol. The highest BCUT2D eigenvalue weighted by atomic mass is 16.5. The first-order chi connectivity index (χ1) is 22.9. The molecule has 0 heterocycles. The SMILES string of the molecule is CC[C@H](C)[C@H](NC(=O)OCc1ccccc1)C(=O)N[C@@H](CC(C)C)C(=O)N[C@@H](CC(C)C)C(=O)N[C@@H](C)C(=O)N[C@@H](CCC(N)=O)C(=O)O. The summed E-state index contributed by atoms with van der Waals surface area (Å²) in [7, 11) is 0. The molecular weight excluding hydrogens is 636 g/mol. The van der Waals surface area contributed by atoms with Gasteiger partial charge in [0, 0.05) is 6.42 Å². The van der Waals surface area contributed by atoms with Gasteiger partial charge in [-0.05, 0) is 49.5 Å². The maximum absolute atomic E-state index is 13.6. The molecule has 15 heteroatoms. The van der Waals surface area contributed by atoms with Crippen LogP contribution in [0.15, 0.2) is 30.3 Å². The molecule has 1 aromatic carbocycles. The summed E-state index contributed by atoms with van der Waals surface area (Å²) in [5.74, 6) is -5.24. The van der Waals surface area contributed by atoms with E-state index in [1.807, 2.05) is 52.8 Å². The zero-order valence-electron chi connectivity index (χ0n) is 29.5. The van der Waals surface area contributed by atoms with E-state index in [9.17, 15) is 38.7 Å². The molecule has 0 aliphatic carbocycles. The number of rotatable bonds is 21. The van der Waals surface area contributed by atoms with Gasteiger partial charge in [0.1, 0.15) is 36.8 Å². The van der Waals surface area contributed by atoms with E-state index in [1.165, 1.54) is 6.92 Å². The molecule has 1 aromatic rings. The quantitative estimate of drug-likeness (QED) is 0.0993. The number of carbonyl (C=O) groups is 7. The largest absolute Gasteiger partial charge is 0.480 e. The van der Waals surface area contributed by atoms with Gasteiger partial charge in [-0.15, -0.1) is 0 Å². The molecule has 0 saturated heterocycles. The number of hydrogen-bond donors (Lipinski definition) is 7. The lowest BCUT2D eigenvalue weighted by Crippen LogP contribution is -2.59. The van der Waals surface area contributed by atoms with Crippen molar-refractivity contribution in [3.8, 4) is 0 Å². The van der Waals surface area contributed by atoms with Crippen LogP contribution >= 0.6 is 0 Å². The lowest BCUT2D eigenvalue weighted by molar-refractivity contribution is -0.142. The Balaban J connectivity index is 3.04. The van der Waals surface area contributed by atoms with E-state index in [4.69, 9.17) is 10.5 Å². The Morgan fingerprint density at radius 2 is 1.22 bits per heavy atom. The number of carboxylic acid groups (broad SMARTS) is 1. The van der Waals surface area contributed by atoms with Crippen LogP contribution in [0.25, 0.3) is 0 Å². The highest BCUT2D eigenvalue weighted by molar-refractivity contribution is 5.95. The number of primary amides is 1. The van der Waals surface area contributed by atoms with Gasteiger partial charge in [-0.3, -0.25) is 24.0 Å². The smallest absolute Gasteiger partial charge is 0.408 e. The van der Waals surface area contributed by atoms with E-state index in [0.29, 0.717) is 6.42 Å². The standard InChI is InChI=1S/C34H54N6O9/c1-8-21(6)28(40-34(48)49-18-23-12-10-9-11-13-23)32(45)39-26(17-20(4)5)31(44)38-25(16-19(2)3)30(43)36-22(7)29(42)37-24(33(46)47)14-15-27(35)41/h9-13,19-22,24-26,28H,8,14-18H2,1-7H3,(H2,35,41)(H,36,43)(H,37,42)(H,38,44)(H,39,45)(H,40,48)(H,46,47)/t21-,22-,24-,25-,26-,28-/m0/s1. The van der Waals surface area contributed by atoms with Crippen LogP contribution in [-0.2, 0) is 40.1 Å². The van der Waals surface area contributed by atoms with E-state index < -0.39 is 71.8 Å². The first kappa shape index (κ1) is 42.3. The van der Waals surface area contributed by atoms with Crippen molar-refractivity contribution in [2.24, 2.45) is 23.5 Å². The third kappa shape index (κ3) is 16.3. The van der Waals surface area contributed by atoms with Crippen LogP contribution in [0.4, 0.5) is 4.79 Å². The fourth-order valence-electron chi connectivity index (χ4n) is 4.75. The molecule has 6 atom stereocenters. The molecule has 15 nitrogen and oxygen atoms in total. The average molecular weight is 691 g/mol. The molecule has 1 rings (SSSR count). The molecule has 0 aliphatic rings. The summed E-state index contributed by atoms with van der Waals surface area (Å²) in [5.41, 5.74) is 5.86. The number of alkyl carbamates (subject to hydrolysis) is 1. The van der Waals surface area contributed by atoms with E-state index >= 15 is 0 Å². The highest BCUT2D eigenvalue weighted by Crippen LogP contribution is 2.13. The van der Waals surface area contributed by atoms with Crippen LogP contribution < -0.4 is 32.3 Å². The maximum Gasteiger partial charge on any atom is 0.408 e. The Hall–Kier alpha value is -4.69. The van der Waals surface area contributed by atoms with E-state index in [2.05, 4.69) is 26.6 Å². The number of nitrogens with two attached hydrogens (primary N) is 1. The molecule has 0 spiro atoms. The van der Waals surface area contributed by atoms with Crippen molar-refractivity contribution < 1.29 is 43.4 Å². The average Bonchev–Trinajstić information content (AvgIpc) is 3.02. The van der Waals surface area contributed by atoms with Crippen LogP contribution in [0.5, 0.6) is 0 Å². The van der Waals surface area contributed by atoms with Gasteiger partial charge < -0.3 is 42.2 Å². The fraction of sp³-hybridized carbons (Fsp3) is 0.618. The van der Waals surface area contributed by atoms with Crippen molar-refractivity contribution in [1.82, 2.24) is 26.6 Å². The van der Waals surface area contributed by atoms with Crippen molar-refractivity contribution in [3.63, 3.8) is 0 Å². The van der Waals surface area contributed by atoms with E-state index in [1.54, 1.807) is 19.1 Å². The van der Waals surface area contributed by atoms with Gasteiger partial charge in [0.15, 0.2) is 0 Å². The van der Waals surface area contributed by atoms with E-state index in [-0.39, 0.29) is 50.0 Å². The predicted octanol–water partition coefficient (Wildman–Crippen LogP) is 1.73. The Kier molecular flexibility index (Phi) is 18.4. The summed E-state index contributed by atoms with van der Waals surface area (Å²) in [4.78, 5) is 88.4. The molecular formula is C34H54N6O9. The third-order valence-corrected chi connectivity index (χ3v) is 7.71. The fourth-order valence-corrected chi connectivity index (χ4v) is 4.75. The molecule has 6 amide bonds. The molecule has 0 fully saturated rings. The van der Waals surface area contributed by atoms with Gasteiger partial charge in [0.2, 0.25) is 29.5 Å². The van der Waals surface area contributed by atoms with Crippen molar-refractivity contribution in [3.05, 3.63) is 35.9 Å². The summed E-state index contributed by atoms with van der Waals surface area (Å²) < 4.78 is 5.31. The molecule has 0 aromatic heterocycles. The molecule has 0 aliphatic heterocycles. The molecule has 0 radical (unpaired) electrons. The van der Waals surface area contributed by atoms with Gasteiger partial charge in [-0.1, -0.05) is 78.3 Å². The summed E-state index contributed by atoms with van der Waals surface area (Å²) in [6, 6.07) is 3.29. The van der Waals surface area contributed by atoms with Crippen LogP contribution in [-0.4, -0.2) is 76.9 Å². The first-order valence-corrected chi connectivity index (χ1v) is 16.6. The number of carbonyl (C=O) groups excluding carboxylic acids is 6. The third-order valence-electron chi connectivity index (χ3n) is 7.71. The minimum atomic E-state index is -1.40. The molecule has 49 heavy (non-hydrogen) atoms. The molecule has 8 N–H and O–H groups in total. The zero-order chi connectivity index (χ0) is 37.3. The minimum absolute atomic E-state index is 0.00884. The number of benzene rings is 1. The van der Waals surface area contributed by atoms with Gasteiger partial charge in [0.05, 0.1) is 0 Å². The summed E-state index contributed by atoms with van der Waals surface area (Å²) in [6.45, 7) is 12.4. The topological polar surface area (TPSA) is 235 Å². The molecule has 0 unspecified atom stereocenters. The van der Waals surface area contributed by atoms with Crippen molar-refractivity contribution in [2.45, 2.75) is 117 Å². The van der Waals surface area contributed by atoms with E-state index in [0.717, 1.165) is 5.56 Å². The second kappa shape index (κ2) is 21.3. The normalized spacial score (nSPS) is 14.7. The number of amides is 6. The summed E-state index contributed by atoms with van der Waals surface area (Å²) >= 11 is 0. The van der Waals surface area contributed by atoms with Gasteiger partial charge in [-0.2, -0.15) is 0 Å². The maximum atomic E-state index is 13.6. The van der Waals surface area contributed by atoms with Gasteiger partial charge >= 0.3 is 12.1 Å². The van der Waals surface area contributed by atoms with Gasteiger partial charge in [-0.25, -0.2) is 9.59 Å². The number of carboxylic acids is 1. The lowest BCUT2D eigenvalue weighted by Gasteiger charge is -2.28. The Bertz CT molecular complexity index is 1270. The molecule has 274 valence electrons. The van der Waals surface area contributed by atoms with Crippen LogP contribution in [0.2, 0.25) is 0 Å². The van der Waals surface area contributed by atoms with Crippen LogP contribution in [0.3, 0.4) is 0 Å². The second-order valence-corrected chi connectivity index (χ2v) is 13.1. The Labute approximate surface area is 288 Å².